The first-order valence-electron chi connectivity index (χ1n) is 13.1. The van der Waals surface area contributed by atoms with Crippen LogP contribution in [-0.2, 0) is 17.8 Å². The number of fused-ring (bicyclic) bond motifs is 1. The van der Waals surface area contributed by atoms with E-state index >= 15 is 0 Å². The summed E-state index contributed by atoms with van der Waals surface area (Å²) in [6.07, 6.45) is 9.81. The van der Waals surface area contributed by atoms with Crippen LogP contribution in [0.25, 0.3) is 0 Å². The second kappa shape index (κ2) is 10.7. The van der Waals surface area contributed by atoms with Gasteiger partial charge in [0.05, 0.1) is 12.2 Å². The number of aryl methyl sites for hydroxylation is 1. The van der Waals surface area contributed by atoms with Gasteiger partial charge in [-0.1, -0.05) is 76.3 Å². The molecule has 1 aromatic carbocycles. The van der Waals surface area contributed by atoms with Crippen LogP contribution in [0.5, 0.6) is 0 Å². The van der Waals surface area contributed by atoms with Gasteiger partial charge in [0.2, 0.25) is 5.91 Å². The van der Waals surface area contributed by atoms with Gasteiger partial charge in [-0.25, -0.2) is 0 Å². The third-order valence-corrected chi connectivity index (χ3v) is 7.53. The van der Waals surface area contributed by atoms with Crippen molar-refractivity contribution in [3.05, 3.63) is 53.3 Å². The molecule has 1 atom stereocenters. The summed E-state index contributed by atoms with van der Waals surface area (Å²) >= 11 is 0. The van der Waals surface area contributed by atoms with Crippen molar-refractivity contribution in [2.75, 3.05) is 6.54 Å². The summed E-state index contributed by atoms with van der Waals surface area (Å²) in [6, 6.07) is 12.4. The van der Waals surface area contributed by atoms with Crippen molar-refractivity contribution < 1.29 is 9.59 Å². The van der Waals surface area contributed by atoms with E-state index in [4.69, 9.17) is 5.10 Å². The first-order chi connectivity index (χ1) is 16.4. The van der Waals surface area contributed by atoms with Crippen LogP contribution in [0.4, 0.5) is 0 Å². The third-order valence-electron chi connectivity index (χ3n) is 7.53. The molecular weight excluding hydrogens is 424 g/mol. The van der Waals surface area contributed by atoms with Gasteiger partial charge in [-0.2, -0.15) is 5.10 Å². The van der Waals surface area contributed by atoms with Gasteiger partial charge in [0.15, 0.2) is 0 Å². The predicted molar refractivity (Wildman–Crippen MR) is 135 cm³/mol. The van der Waals surface area contributed by atoms with Crippen molar-refractivity contribution in [2.24, 2.45) is 0 Å². The summed E-state index contributed by atoms with van der Waals surface area (Å²) in [5.41, 5.74) is 1.79. The molecule has 1 saturated carbocycles. The van der Waals surface area contributed by atoms with Crippen LogP contribution in [0, 0.1) is 0 Å². The monoisotopic (exact) mass is 464 g/mol. The molecule has 0 unspecified atom stereocenters. The Morgan fingerprint density at radius 3 is 2.47 bits per heavy atom. The molecule has 184 valence electrons. The minimum absolute atomic E-state index is 0.0432. The molecule has 1 fully saturated rings. The highest BCUT2D eigenvalue weighted by Gasteiger charge is 2.48. The number of benzene rings is 1. The van der Waals surface area contributed by atoms with Crippen LogP contribution in [0.15, 0.2) is 36.4 Å². The normalized spacial score (nSPS) is 21.8. The molecule has 6 nitrogen and oxygen atoms in total. The van der Waals surface area contributed by atoms with Gasteiger partial charge in [0, 0.05) is 12.6 Å². The Bertz CT molecular complexity index is 976. The van der Waals surface area contributed by atoms with Crippen molar-refractivity contribution >= 4 is 11.8 Å². The Kier molecular flexibility index (Phi) is 7.74. The Morgan fingerprint density at radius 1 is 1.12 bits per heavy atom. The molecule has 0 spiro atoms. The van der Waals surface area contributed by atoms with Gasteiger partial charge in [-0.05, 0) is 50.2 Å². The molecule has 34 heavy (non-hydrogen) atoms. The fraction of sp³-hybridized carbons (Fsp3) is 0.607. The smallest absolute Gasteiger partial charge is 0.273 e. The Morgan fingerprint density at radius 2 is 1.79 bits per heavy atom. The number of nitrogens with zero attached hydrogens (tertiary/aromatic N) is 3. The van der Waals surface area contributed by atoms with E-state index in [-0.39, 0.29) is 23.8 Å². The number of carbonyl (C=O) groups is 2. The molecule has 1 aromatic heterocycles. The number of aromatic nitrogens is 2. The third kappa shape index (κ3) is 5.37. The second-order valence-electron chi connectivity index (χ2n) is 10.6. The average molecular weight is 465 g/mol. The fourth-order valence-corrected chi connectivity index (χ4v) is 5.32. The molecular formula is C28H40N4O2. The van der Waals surface area contributed by atoms with E-state index in [9.17, 15) is 9.59 Å². The molecule has 2 aliphatic rings. The van der Waals surface area contributed by atoms with Crippen LogP contribution in [0.1, 0.15) is 99.8 Å². The largest absolute Gasteiger partial charge is 0.351 e. The minimum Gasteiger partial charge on any atom is -0.351 e. The number of nitrogens with one attached hydrogen (secondary N) is 1. The highest BCUT2D eigenvalue weighted by Crippen LogP contribution is 2.30. The SMILES string of the molecule is CC(C)c1cc2n(n1)C[C@@](C)(C(=O)NC1CCCCCCC1)N(CCCc1ccccc1)C2=O. The fourth-order valence-electron chi connectivity index (χ4n) is 5.32. The Balaban J connectivity index is 1.56. The molecule has 1 aliphatic heterocycles. The summed E-state index contributed by atoms with van der Waals surface area (Å²) in [7, 11) is 0. The van der Waals surface area contributed by atoms with E-state index < -0.39 is 5.54 Å². The predicted octanol–water partition coefficient (Wildman–Crippen LogP) is 5.08. The number of carbonyl (C=O) groups excluding carboxylic acids is 2. The summed E-state index contributed by atoms with van der Waals surface area (Å²) < 4.78 is 1.77. The molecule has 6 heteroatoms. The molecule has 0 bridgehead atoms. The molecule has 2 heterocycles. The van der Waals surface area contributed by atoms with E-state index in [1.807, 2.05) is 36.1 Å². The van der Waals surface area contributed by atoms with E-state index in [0.717, 1.165) is 44.2 Å². The van der Waals surface area contributed by atoms with E-state index in [1.54, 1.807) is 4.68 Å². The van der Waals surface area contributed by atoms with Crippen LogP contribution in [0.3, 0.4) is 0 Å². The van der Waals surface area contributed by atoms with Gasteiger partial charge in [-0.3, -0.25) is 14.3 Å². The zero-order chi connectivity index (χ0) is 24.1. The molecule has 1 N–H and O–H groups in total. The standard InChI is InChI=1S/C28H40N4O2/c1-21(2)24-19-25-26(33)31(18-12-15-22-13-8-7-9-14-22)28(3,20-32(25)30-24)27(34)29-23-16-10-5-4-6-11-17-23/h7-9,13-14,19,21,23H,4-6,10-12,15-18,20H2,1-3H3,(H,29,34)/t28-/m0/s1. The quantitative estimate of drug-likeness (QED) is 0.621. The van der Waals surface area contributed by atoms with E-state index in [1.165, 1.54) is 24.8 Å². The van der Waals surface area contributed by atoms with Gasteiger partial charge < -0.3 is 10.2 Å². The summed E-state index contributed by atoms with van der Waals surface area (Å²) in [5.74, 6) is 0.0971. The summed E-state index contributed by atoms with van der Waals surface area (Å²) in [6.45, 7) is 7.02. The van der Waals surface area contributed by atoms with Crippen molar-refractivity contribution in [1.82, 2.24) is 20.0 Å². The van der Waals surface area contributed by atoms with Crippen molar-refractivity contribution in [3.8, 4) is 0 Å². The van der Waals surface area contributed by atoms with Gasteiger partial charge in [-0.15, -0.1) is 0 Å². The highest BCUT2D eigenvalue weighted by atomic mass is 16.2. The van der Waals surface area contributed by atoms with Crippen molar-refractivity contribution in [1.29, 1.82) is 0 Å². The lowest BCUT2D eigenvalue weighted by atomic mass is 9.92. The molecule has 2 amide bonds. The zero-order valence-electron chi connectivity index (χ0n) is 21.1. The average Bonchev–Trinajstić information content (AvgIpc) is 3.22. The topological polar surface area (TPSA) is 67.2 Å². The van der Waals surface area contributed by atoms with E-state index in [0.29, 0.717) is 18.8 Å². The van der Waals surface area contributed by atoms with Crippen LogP contribution < -0.4 is 5.32 Å². The van der Waals surface area contributed by atoms with Gasteiger partial charge in [0.25, 0.3) is 5.91 Å². The van der Waals surface area contributed by atoms with Crippen LogP contribution >= 0.6 is 0 Å². The van der Waals surface area contributed by atoms with Gasteiger partial charge >= 0.3 is 0 Å². The van der Waals surface area contributed by atoms with Crippen molar-refractivity contribution in [2.45, 2.75) is 103 Å². The molecule has 2 aromatic rings. The Hall–Kier alpha value is -2.63. The lowest BCUT2D eigenvalue weighted by Gasteiger charge is -2.44. The van der Waals surface area contributed by atoms with Crippen LogP contribution in [0.2, 0.25) is 0 Å². The van der Waals surface area contributed by atoms with Crippen LogP contribution in [-0.4, -0.2) is 44.6 Å². The lowest BCUT2D eigenvalue weighted by Crippen LogP contribution is -2.65. The summed E-state index contributed by atoms with van der Waals surface area (Å²) in [5, 5.41) is 8.05. The summed E-state index contributed by atoms with van der Waals surface area (Å²) in [4.78, 5) is 29.3. The Labute approximate surface area is 204 Å². The first kappa shape index (κ1) is 24.5. The molecule has 4 rings (SSSR count). The van der Waals surface area contributed by atoms with E-state index in [2.05, 4.69) is 31.3 Å². The number of amides is 2. The second-order valence-corrected chi connectivity index (χ2v) is 10.6. The molecule has 1 aliphatic carbocycles. The first-order valence-corrected chi connectivity index (χ1v) is 13.1. The lowest BCUT2D eigenvalue weighted by molar-refractivity contribution is -0.134. The number of hydrogen-bond acceptors (Lipinski definition) is 3. The minimum atomic E-state index is -0.955. The zero-order valence-corrected chi connectivity index (χ0v) is 21.1. The molecule has 0 radical (unpaired) electrons. The highest BCUT2D eigenvalue weighted by molar-refractivity contribution is 5.99. The number of rotatable bonds is 7. The maximum Gasteiger partial charge on any atom is 0.273 e. The van der Waals surface area contributed by atoms with Crippen molar-refractivity contribution in [3.63, 3.8) is 0 Å². The van der Waals surface area contributed by atoms with Gasteiger partial charge in [0.1, 0.15) is 11.2 Å². The maximum absolute atomic E-state index is 13.8. The molecule has 0 saturated heterocycles. The number of hydrogen-bond donors (Lipinski definition) is 1. The maximum atomic E-state index is 13.8.